The molecular formula is C18H17N. The van der Waals surface area contributed by atoms with Crippen LogP contribution < -0.4 is 0 Å². The molecule has 19 heavy (non-hydrogen) atoms. The maximum absolute atomic E-state index is 3.87. The Kier molecular flexibility index (Phi) is 2.96. The van der Waals surface area contributed by atoms with Gasteiger partial charge in [-0.15, -0.1) is 6.58 Å². The average molecular weight is 247 g/mol. The largest absolute Gasteiger partial charge is 0.337 e. The number of aryl methyl sites for hydroxylation is 1. The molecule has 1 nitrogen and oxygen atoms in total. The highest BCUT2D eigenvalue weighted by Crippen LogP contribution is 2.28. The number of hydrogen-bond acceptors (Lipinski definition) is 0. The molecule has 0 N–H and O–H groups in total. The molecule has 0 saturated heterocycles. The van der Waals surface area contributed by atoms with Crippen molar-refractivity contribution in [2.45, 2.75) is 13.5 Å². The molecule has 0 aliphatic rings. The van der Waals surface area contributed by atoms with Crippen LogP contribution >= 0.6 is 0 Å². The zero-order chi connectivity index (χ0) is 13.2. The molecule has 0 atom stereocenters. The highest BCUT2D eigenvalue weighted by atomic mass is 15.0. The standard InChI is InChI=1S/C18H17N/c1-3-12-19-17-7-5-4-6-16(17)13-18(19)15-10-8-14(2)9-11-15/h3-11,13H,1,12H2,2H3. The van der Waals surface area contributed by atoms with Crippen LogP contribution in [0.3, 0.4) is 0 Å². The van der Waals surface area contributed by atoms with Crippen molar-refractivity contribution in [3.63, 3.8) is 0 Å². The van der Waals surface area contributed by atoms with Gasteiger partial charge in [0.1, 0.15) is 0 Å². The summed E-state index contributed by atoms with van der Waals surface area (Å²) in [6.45, 7) is 6.81. The fraction of sp³-hybridized carbons (Fsp3) is 0.111. The average Bonchev–Trinajstić information content (AvgIpc) is 2.79. The van der Waals surface area contributed by atoms with E-state index in [1.54, 1.807) is 0 Å². The van der Waals surface area contributed by atoms with Crippen LogP contribution in [0.15, 0.2) is 67.3 Å². The van der Waals surface area contributed by atoms with Crippen molar-refractivity contribution in [2.75, 3.05) is 0 Å². The Hall–Kier alpha value is -2.28. The molecule has 94 valence electrons. The van der Waals surface area contributed by atoms with Crippen LogP contribution in [0.4, 0.5) is 0 Å². The molecule has 3 aromatic rings. The Morgan fingerprint density at radius 3 is 2.53 bits per heavy atom. The second kappa shape index (κ2) is 4.77. The lowest BCUT2D eigenvalue weighted by atomic mass is 10.1. The van der Waals surface area contributed by atoms with Gasteiger partial charge < -0.3 is 4.57 Å². The van der Waals surface area contributed by atoms with Crippen molar-refractivity contribution in [1.29, 1.82) is 0 Å². The Morgan fingerprint density at radius 1 is 1.05 bits per heavy atom. The van der Waals surface area contributed by atoms with Crippen molar-refractivity contribution in [1.82, 2.24) is 4.57 Å². The van der Waals surface area contributed by atoms with Gasteiger partial charge in [-0.05, 0) is 24.6 Å². The quantitative estimate of drug-likeness (QED) is 0.586. The molecule has 0 aliphatic carbocycles. The van der Waals surface area contributed by atoms with Crippen LogP contribution in [0.5, 0.6) is 0 Å². The zero-order valence-electron chi connectivity index (χ0n) is 11.1. The predicted octanol–water partition coefficient (Wildman–Crippen LogP) is 4.80. The minimum absolute atomic E-state index is 0.830. The number of fused-ring (bicyclic) bond motifs is 1. The Morgan fingerprint density at radius 2 is 1.79 bits per heavy atom. The third-order valence-corrected chi connectivity index (χ3v) is 3.47. The van der Waals surface area contributed by atoms with Gasteiger partial charge in [0, 0.05) is 23.1 Å². The van der Waals surface area contributed by atoms with Gasteiger partial charge >= 0.3 is 0 Å². The molecule has 2 aromatic carbocycles. The van der Waals surface area contributed by atoms with Gasteiger partial charge in [-0.25, -0.2) is 0 Å². The van der Waals surface area contributed by atoms with Crippen molar-refractivity contribution in [3.05, 3.63) is 72.8 Å². The zero-order valence-corrected chi connectivity index (χ0v) is 11.1. The third kappa shape index (κ3) is 2.08. The summed E-state index contributed by atoms with van der Waals surface area (Å²) < 4.78 is 2.31. The van der Waals surface area contributed by atoms with Crippen LogP contribution in [0.25, 0.3) is 22.2 Å². The number of hydrogen-bond donors (Lipinski definition) is 0. The predicted molar refractivity (Wildman–Crippen MR) is 82.3 cm³/mol. The molecule has 1 aromatic heterocycles. The Balaban J connectivity index is 2.24. The highest BCUT2D eigenvalue weighted by molar-refractivity contribution is 5.87. The number of para-hydroxylation sites is 1. The van der Waals surface area contributed by atoms with Crippen LogP contribution in [0.2, 0.25) is 0 Å². The van der Waals surface area contributed by atoms with E-state index < -0.39 is 0 Å². The van der Waals surface area contributed by atoms with E-state index in [-0.39, 0.29) is 0 Å². The lowest BCUT2D eigenvalue weighted by Crippen LogP contribution is -1.97. The van der Waals surface area contributed by atoms with Gasteiger partial charge in [0.05, 0.1) is 0 Å². The van der Waals surface area contributed by atoms with E-state index in [9.17, 15) is 0 Å². The summed E-state index contributed by atoms with van der Waals surface area (Å²) in [6, 6.07) is 19.4. The molecule has 0 amide bonds. The number of benzene rings is 2. The molecule has 0 spiro atoms. The first-order chi connectivity index (χ1) is 9.29. The van der Waals surface area contributed by atoms with Gasteiger partial charge in [-0.1, -0.05) is 54.1 Å². The van der Waals surface area contributed by atoms with E-state index in [0.717, 1.165) is 6.54 Å². The van der Waals surface area contributed by atoms with Crippen LogP contribution in [0.1, 0.15) is 5.56 Å². The number of rotatable bonds is 3. The van der Waals surface area contributed by atoms with E-state index in [2.05, 4.69) is 72.7 Å². The summed E-state index contributed by atoms with van der Waals surface area (Å²) in [4.78, 5) is 0. The fourth-order valence-electron chi connectivity index (χ4n) is 2.50. The van der Waals surface area contributed by atoms with E-state index in [1.807, 2.05) is 6.08 Å². The van der Waals surface area contributed by atoms with Crippen LogP contribution in [-0.2, 0) is 6.54 Å². The van der Waals surface area contributed by atoms with Gasteiger partial charge in [0.15, 0.2) is 0 Å². The number of allylic oxidation sites excluding steroid dienone is 1. The molecule has 0 radical (unpaired) electrons. The molecule has 0 unspecified atom stereocenters. The third-order valence-electron chi connectivity index (χ3n) is 3.47. The summed E-state index contributed by atoms with van der Waals surface area (Å²) in [7, 11) is 0. The second-order valence-electron chi connectivity index (χ2n) is 4.85. The smallest absolute Gasteiger partial charge is 0.0494 e. The Labute approximate surface area is 113 Å². The molecular weight excluding hydrogens is 230 g/mol. The fourth-order valence-corrected chi connectivity index (χ4v) is 2.50. The number of aromatic nitrogens is 1. The first-order valence-electron chi connectivity index (χ1n) is 6.56. The summed E-state index contributed by atoms with van der Waals surface area (Å²) in [5.41, 5.74) is 5.05. The molecule has 0 aliphatic heterocycles. The van der Waals surface area contributed by atoms with Crippen molar-refractivity contribution < 1.29 is 0 Å². The van der Waals surface area contributed by atoms with Crippen molar-refractivity contribution >= 4 is 10.9 Å². The molecule has 3 rings (SSSR count). The van der Waals surface area contributed by atoms with E-state index in [4.69, 9.17) is 0 Å². The number of nitrogens with zero attached hydrogens (tertiary/aromatic N) is 1. The molecule has 0 fully saturated rings. The normalized spacial score (nSPS) is 10.8. The minimum Gasteiger partial charge on any atom is -0.337 e. The topological polar surface area (TPSA) is 4.93 Å². The van der Waals surface area contributed by atoms with Gasteiger partial charge in [0.25, 0.3) is 0 Å². The van der Waals surface area contributed by atoms with E-state index >= 15 is 0 Å². The molecule has 1 heterocycles. The second-order valence-corrected chi connectivity index (χ2v) is 4.85. The first kappa shape index (κ1) is 11.8. The van der Waals surface area contributed by atoms with Gasteiger partial charge in [-0.3, -0.25) is 0 Å². The maximum atomic E-state index is 3.87. The van der Waals surface area contributed by atoms with Gasteiger partial charge in [0.2, 0.25) is 0 Å². The maximum Gasteiger partial charge on any atom is 0.0494 e. The van der Waals surface area contributed by atoms with Crippen molar-refractivity contribution in [2.24, 2.45) is 0 Å². The van der Waals surface area contributed by atoms with Gasteiger partial charge in [-0.2, -0.15) is 0 Å². The monoisotopic (exact) mass is 247 g/mol. The first-order valence-corrected chi connectivity index (χ1v) is 6.56. The summed E-state index contributed by atoms with van der Waals surface area (Å²) in [5, 5.41) is 1.28. The van der Waals surface area contributed by atoms with Crippen molar-refractivity contribution in [3.8, 4) is 11.3 Å². The summed E-state index contributed by atoms with van der Waals surface area (Å²) in [6.07, 6.45) is 1.95. The summed E-state index contributed by atoms with van der Waals surface area (Å²) >= 11 is 0. The molecule has 0 bridgehead atoms. The highest BCUT2D eigenvalue weighted by Gasteiger charge is 2.08. The van der Waals surface area contributed by atoms with Crippen LogP contribution in [-0.4, -0.2) is 4.57 Å². The van der Waals surface area contributed by atoms with Crippen LogP contribution in [0, 0.1) is 6.92 Å². The Bertz CT molecular complexity index is 717. The van der Waals surface area contributed by atoms with E-state index in [0.29, 0.717) is 0 Å². The SMILES string of the molecule is C=CCn1c(-c2ccc(C)cc2)cc2ccccc21. The minimum atomic E-state index is 0.830. The summed E-state index contributed by atoms with van der Waals surface area (Å²) in [5.74, 6) is 0. The molecule has 1 heteroatoms. The lowest BCUT2D eigenvalue weighted by Gasteiger charge is -2.08. The van der Waals surface area contributed by atoms with E-state index in [1.165, 1.54) is 27.7 Å². The molecule has 0 saturated carbocycles. The lowest BCUT2D eigenvalue weighted by molar-refractivity contribution is 0.874.